The number of nitrogens with zero attached hydrogens (tertiary/aromatic N) is 3. The number of carbonyl (C=O) groups excluding carboxylic acids is 2. The van der Waals surface area contributed by atoms with Crippen LogP contribution in [0.2, 0.25) is 0 Å². The van der Waals surface area contributed by atoms with Gasteiger partial charge in [-0.05, 0) is 93.6 Å². The van der Waals surface area contributed by atoms with Crippen molar-refractivity contribution in [3.63, 3.8) is 0 Å². The van der Waals surface area contributed by atoms with Crippen molar-refractivity contribution in [1.29, 1.82) is 0 Å². The van der Waals surface area contributed by atoms with Crippen molar-refractivity contribution in [3.8, 4) is 22.9 Å². The van der Waals surface area contributed by atoms with Gasteiger partial charge in [0.1, 0.15) is 23.9 Å². The van der Waals surface area contributed by atoms with E-state index in [9.17, 15) is 24.1 Å². The summed E-state index contributed by atoms with van der Waals surface area (Å²) in [5, 5.41) is 18.2. The molecule has 2 aromatic heterocycles. The SMILES string of the molecule is CCOc1cc(/C=N/NC(=O)c2ccc(COc3ccc(-n4c(C)ccc4C)cc3)o2)cc([N+](=O)[O-])c1OCC(=O)Nc1cccc(F)c1. The number of furan rings is 1. The van der Waals surface area contributed by atoms with Crippen LogP contribution in [0.4, 0.5) is 15.8 Å². The summed E-state index contributed by atoms with van der Waals surface area (Å²) in [6.45, 7) is 5.34. The van der Waals surface area contributed by atoms with Crippen molar-refractivity contribution in [2.45, 2.75) is 27.4 Å². The third-order valence-electron chi connectivity index (χ3n) is 7.02. The molecule has 252 valence electrons. The first-order valence-corrected chi connectivity index (χ1v) is 15.0. The molecular formula is C35H32FN5O8. The van der Waals surface area contributed by atoms with Gasteiger partial charge < -0.3 is 28.5 Å². The molecule has 0 atom stereocenters. The number of aromatic nitrogens is 1. The zero-order valence-corrected chi connectivity index (χ0v) is 26.8. The molecule has 3 aromatic carbocycles. The molecule has 0 aliphatic carbocycles. The van der Waals surface area contributed by atoms with E-state index in [0.717, 1.165) is 29.2 Å². The lowest BCUT2D eigenvalue weighted by Crippen LogP contribution is -2.21. The minimum absolute atomic E-state index is 0.0223. The summed E-state index contributed by atoms with van der Waals surface area (Å²) in [6.07, 6.45) is 1.18. The van der Waals surface area contributed by atoms with Crippen LogP contribution in [0, 0.1) is 29.8 Å². The second-order valence-corrected chi connectivity index (χ2v) is 10.6. The Kier molecular flexibility index (Phi) is 10.7. The molecule has 14 heteroatoms. The highest BCUT2D eigenvalue weighted by Gasteiger charge is 2.23. The molecule has 0 radical (unpaired) electrons. The molecular weight excluding hydrogens is 637 g/mol. The summed E-state index contributed by atoms with van der Waals surface area (Å²) in [5.74, 6) is -1.17. The predicted molar refractivity (Wildman–Crippen MR) is 178 cm³/mol. The van der Waals surface area contributed by atoms with Gasteiger partial charge in [0.15, 0.2) is 18.1 Å². The highest BCUT2D eigenvalue weighted by Crippen LogP contribution is 2.38. The average molecular weight is 670 g/mol. The van der Waals surface area contributed by atoms with Gasteiger partial charge in [-0.15, -0.1) is 0 Å². The van der Waals surface area contributed by atoms with E-state index in [2.05, 4.69) is 32.5 Å². The Hall–Kier alpha value is -6.44. The Balaban J connectivity index is 1.18. The largest absolute Gasteiger partial charge is 0.490 e. The molecule has 5 aromatic rings. The Morgan fingerprint density at radius 3 is 2.43 bits per heavy atom. The third-order valence-corrected chi connectivity index (χ3v) is 7.02. The molecule has 0 aliphatic heterocycles. The normalized spacial score (nSPS) is 10.9. The number of rotatable bonds is 14. The molecule has 0 saturated heterocycles. The summed E-state index contributed by atoms with van der Waals surface area (Å²) >= 11 is 0. The van der Waals surface area contributed by atoms with Gasteiger partial charge in [-0.3, -0.25) is 19.7 Å². The summed E-state index contributed by atoms with van der Waals surface area (Å²) in [7, 11) is 0. The Morgan fingerprint density at radius 2 is 1.73 bits per heavy atom. The fourth-order valence-corrected chi connectivity index (χ4v) is 4.85. The molecule has 2 N–H and O–H groups in total. The van der Waals surface area contributed by atoms with E-state index in [4.69, 9.17) is 18.6 Å². The number of hydrogen-bond donors (Lipinski definition) is 2. The second-order valence-electron chi connectivity index (χ2n) is 10.6. The third kappa shape index (κ3) is 8.68. The quantitative estimate of drug-likeness (QED) is 0.0771. The zero-order chi connectivity index (χ0) is 34.9. The predicted octanol–water partition coefficient (Wildman–Crippen LogP) is 6.49. The van der Waals surface area contributed by atoms with Gasteiger partial charge in [0.2, 0.25) is 5.75 Å². The van der Waals surface area contributed by atoms with E-state index in [1.807, 2.05) is 38.1 Å². The first kappa shape index (κ1) is 33.9. The molecule has 0 unspecified atom stereocenters. The number of benzene rings is 3. The first-order valence-electron chi connectivity index (χ1n) is 15.0. The maximum Gasteiger partial charge on any atom is 0.315 e. The van der Waals surface area contributed by atoms with Crippen LogP contribution in [0.15, 0.2) is 94.4 Å². The molecule has 13 nitrogen and oxygen atoms in total. The van der Waals surface area contributed by atoms with Crippen LogP contribution in [0.25, 0.3) is 5.69 Å². The summed E-state index contributed by atoms with van der Waals surface area (Å²) in [4.78, 5) is 36.2. The number of hydrazone groups is 1. The van der Waals surface area contributed by atoms with E-state index in [1.54, 1.807) is 13.0 Å². The zero-order valence-electron chi connectivity index (χ0n) is 26.8. The number of nitro benzene ring substituents is 1. The minimum atomic E-state index is -0.705. The van der Waals surface area contributed by atoms with Crippen LogP contribution in [-0.2, 0) is 11.4 Å². The van der Waals surface area contributed by atoms with Gasteiger partial charge in [-0.25, -0.2) is 9.82 Å². The van der Waals surface area contributed by atoms with Crippen LogP contribution in [0.1, 0.15) is 40.2 Å². The number of anilines is 1. The lowest BCUT2D eigenvalue weighted by Gasteiger charge is -2.13. The molecule has 2 amide bonds. The molecule has 0 saturated carbocycles. The van der Waals surface area contributed by atoms with E-state index < -0.39 is 34.8 Å². The first-order chi connectivity index (χ1) is 23.6. The van der Waals surface area contributed by atoms with Crippen LogP contribution in [0.3, 0.4) is 0 Å². The standard InChI is InChI=1S/C35H32FN5O8/c1-4-46-32-17-24(16-30(41(44)45)34(32)48-21-33(42)38-26-7-5-6-25(36)18-26)19-37-39-35(43)31-15-14-29(49-31)20-47-28-12-10-27(11-13-28)40-22(2)8-9-23(40)3/h5-19H,4,20-21H2,1-3H3,(H,38,42)(H,39,43)/b37-19+. The number of nitrogens with one attached hydrogen (secondary N) is 2. The molecule has 0 fully saturated rings. The number of nitro groups is 1. The van der Waals surface area contributed by atoms with Crippen LogP contribution < -0.4 is 25.0 Å². The van der Waals surface area contributed by atoms with Crippen molar-refractivity contribution in [3.05, 3.63) is 129 Å². The monoisotopic (exact) mass is 669 g/mol. The molecule has 2 heterocycles. The van der Waals surface area contributed by atoms with Gasteiger partial charge in [-0.2, -0.15) is 5.10 Å². The van der Waals surface area contributed by atoms with E-state index in [-0.39, 0.29) is 41.7 Å². The van der Waals surface area contributed by atoms with Crippen molar-refractivity contribution >= 4 is 29.4 Å². The average Bonchev–Trinajstić information content (AvgIpc) is 3.69. The van der Waals surface area contributed by atoms with Crippen LogP contribution in [0.5, 0.6) is 17.2 Å². The summed E-state index contributed by atoms with van der Waals surface area (Å²) in [5.41, 5.74) is 5.48. The number of hydrogen-bond acceptors (Lipinski definition) is 9. The van der Waals surface area contributed by atoms with Crippen LogP contribution >= 0.6 is 0 Å². The van der Waals surface area contributed by atoms with Gasteiger partial charge in [0, 0.05) is 34.4 Å². The van der Waals surface area contributed by atoms with Gasteiger partial charge in [0.05, 0.1) is 17.7 Å². The number of halogens is 1. The number of ether oxygens (including phenoxy) is 3. The van der Waals surface area contributed by atoms with Gasteiger partial charge >= 0.3 is 11.6 Å². The van der Waals surface area contributed by atoms with Crippen molar-refractivity contribution in [2.24, 2.45) is 5.10 Å². The van der Waals surface area contributed by atoms with E-state index in [1.165, 1.54) is 36.5 Å². The maximum absolute atomic E-state index is 13.4. The molecule has 0 spiro atoms. The molecule has 49 heavy (non-hydrogen) atoms. The highest BCUT2D eigenvalue weighted by molar-refractivity contribution is 5.93. The van der Waals surface area contributed by atoms with E-state index >= 15 is 0 Å². The molecule has 0 aliphatic rings. The highest BCUT2D eigenvalue weighted by atomic mass is 19.1. The molecule has 0 bridgehead atoms. The summed E-state index contributed by atoms with van der Waals surface area (Å²) in [6, 6.07) is 22.6. The van der Waals surface area contributed by atoms with Crippen molar-refractivity contribution < 1.29 is 37.5 Å². The number of carbonyl (C=O) groups is 2. The smallest absolute Gasteiger partial charge is 0.315 e. The molecule has 5 rings (SSSR count). The maximum atomic E-state index is 13.4. The second kappa shape index (κ2) is 15.4. The fraction of sp³-hybridized carbons (Fsp3) is 0.171. The lowest BCUT2D eigenvalue weighted by molar-refractivity contribution is -0.385. The summed E-state index contributed by atoms with van der Waals surface area (Å²) < 4.78 is 38.0. The van der Waals surface area contributed by atoms with E-state index in [0.29, 0.717) is 11.5 Å². The lowest BCUT2D eigenvalue weighted by atomic mass is 10.2. The Bertz CT molecular complexity index is 1980. The topological polar surface area (TPSA) is 159 Å². The number of aryl methyl sites for hydroxylation is 2. The van der Waals surface area contributed by atoms with Crippen molar-refractivity contribution in [1.82, 2.24) is 9.99 Å². The fourth-order valence-electron chi connectivity index (χ4n) is 4.85. The van der Waals surface area contributed by atoms with Crippen molar-refractivity contribution in [2.75, 3.05) is 18.5 Å². The van der Waals surface area contributed by atoms with Gasteiger partial charge in [-0.1, -0.05) is 6.07 Å². The van der Waals surface area contributed by atoms with Gasteiger partial charge in [0.25, 0.3) is 5.91 Å². The van der Waals surface area contributed by atoms with Crippen LogP contribution in [-0.4, -0.2) is 40.7 Å². The minimum Gasteiger partial charge on any atom is -0.490 e. The Morgan fingerprint density at radius 1 is 0.980 bits per heavy atom. The Labute approximate surface area is 280 Å². The number of amides is 2.